The minimum absolute atomic E-state index is 0.111. The van der Waals surface area contributed by atoms with Crippen molar-refractivity contribution in [3.8, 4) is 5.75 Å². The van der Waals surface area contributed by atoms with Gasteiger partial charge in [-0.25, -0.2) is 4.39 Å². The molecule has 2 N–H and O–H groups in total. The average Bonchev–Trinajstić information content (AvgIpc) is 2.60. The lowest BCUT2D eigenvalue weighted by Gasteiger charge is -2.25. The first-order chi connectivity index (χ1) is 12.0. The Morgan fingerprint density at radius 2 is 1.96 bits per heavy atom. The zero-order valence-electron chi connectivity index (χ0n) is 13.8. The quantitative estimate of drug-likeness (QED) is 0.898. The molecule has 0 bridgehead atoms. The predicted molar refractivity (Wildman–Crippen MR) is 91.7 cm³/mol. The summed E-state index contributed by atoms with van der Waals surface area (Å²) in [6.45, 7) is 2.10. The summed E-state index contributed by atoms with van der Waals surface area (Å²) < 4.78 is 18.6. The maximum Gasteiger partial charge on any atom is 0.227 e. The molecular weight excluding hydrogens is 323 g/mol. The topological polar surface area (TPSA) is 67.4 Å². The monoisotopic (exact) mass is 342 g/mol. The van der Waals surface area contributed by atoms with Gasteiger partial charge in [-0.05, 0) is 47.9 Å². The zero-order chi connectivity index (χ0) is 17.8. The number of rotatable bonds is 4. The Morgan fingerprint density at radius 3 is 2.68 bits per heavy atom. The molecule has 0 aliphatic carbocycles. The number of carbonyl (C=O) groups is 2. The molecule has 2 aromatic rings. The Hall–Kier alpha value is -2.89. The number of fused-ring (bicyclic) bond motifs is 1. The number of carbonyl (C=O) groups excluding carboxylic acids is 2. The number of hydrogen-bond donors (Lipinski definition) is 2. The molecule has 0 radical (unpaired) electrons. The maximum atomic E-state index is 12.9. The fraction of sp³-hybridized carbons (Fsp3) is 0.263. The summed E-state index contributed by atoms with van der Waals surface area (Å²) in [5.74, 6) is -0.135. The molecule has 0 aromatic heterocycles. The van der Waals surface area contributed by atoms with Crippen LogP contribution in [0.5, 0.6) is 5.75 Å². The highest BCUT2D eigenvalue weighted by atomic mass is 19.1. The molecule has 0 spiro atoms. The van der Waals surface area contributed by atoms with Crippen LogP contribution < -0.4 is 15.4 Å². The van der Waals surface area contributed by atoms with Gasteiger partial charge in [0.05, 0.1) is 5.92 Å². The van der Waals surface area contributed by atoms with Gasteiger partial charge in [-0.1, -0.05) is 12.1 Å². The number of benzene rings is 2. The van der Waals surface area contributed by atoms with Crippen LogP contribution in [0.2, 0.25) is 0 Å². The van der Waals surface area contributed by atoms with Gasteiger partial charge in [-0.2, -0.15) is 0 Å². The van der Waals surface area contributed by atoms with E-state index >= 15 is 0 Å². The van der Waals surface area contributed by atoms with Crippen molar-refractivity contribution >= 4 is 17.5 Å². The van der Waals surface area contributed by atoms with Crippen LogP contribution in [0.4, 0.5) is 10.1 Å². The molecule has 5 nitrogen and oxygen atoms in total. The molecular formula is C19H19FN2O3. The van der Waals surface area contributed by atoms with Gasteiger partial charge in [0, 0.05) is 19.2 Å². The SMILES string of the molecule is CC(=O)Nc1ccc2c(c1)C[C@H](C(=O)NCc1ccc(F)cc1)CO2. The summed E-state index contributed by atoms with van der Waals surface area (Å²) in [7, 11) is 0. The van der Waals surface area contributed by atoms with Gasteiger partial charge in [0.2, 0.25) is 11.8 Å². The van der Waals surface area contributed by atoms with Crippen molar-refractivity contribution in [2.45, 2.75) is 19.9 Å². The second-order valence-electron chi connectivity index (χ2n) is 6.06. The largest absolute Gasteiger partial charge is 0.492 e. The fourth-order valence-corrected chi connectivity index (χ4v) is 2.78. The fourth-order valence-electron chi connectivity index (χ4n) is 2.78. The van der Waals surface area contributed by atoms with Crippen LogP contribution in [0.1, 0.15) is 18.1 Å². The summed E-state index contributed by atoms with van der Waals surface area (Å²) in [5.41, 5.74) is 2.40. The minimum atomic E-state index is -0.305. The van der Waals surface area contributed by atoms with Gasteiger partial charge in [0.25, 0.3) is 0 Å². The van der Waals surface area contributed by atoms with E-state index in [4.69, 9.17) is 4.74 Å². The molecule has 1 heterocycles. The molecule has 0 unspecified atom stereocenters. The van der Waals surface area contributed by atoms with Crippen molar-refractivity contribution in [1.29, 1.82) is 0 Å². The molecule has 2 aromatic carbocycles. The Balaban J connectivity index is 1.61. The molecule has 0 fully saturated rings. The third kappa shape index (κ3) is 4.35. The molecule has 130 valence electrons. The first-order valence-corrected chi connectivity index (χ1v) is 8.07. The number of hydrogen-bond acceptors (Lipinski definition) is 3. The second-order valence-corrected chi connectivity index (χ2v) is 6.06. The van der Waals surface area contributed by atoms with Gasteiger partial charge < -0.3 is 15.4 Å². The molecule has 2 amide bonds. The Bertz CT molecular complexity index is 790. The molecule has 3 rings (SSSR count). The Labute approximate surface area is 145 Å². The van der Waals surface area contributed by atoms with Crippen LogP contribution in [0.3, 0.4) is 0 Å². The standard InChI is InChI=1S/C19H19FN2O3/c1-12(23)22-17-6-7-18-14(9-17)8-15(11-25-18)19(24)21-10-13-2-4-16(20)5-3-13/h2-7,9,15H,8,10-11H2,1H3,(H,21,24)(H,22,23)/t15-/m0/s1. The summed E-state index contributed by atoms with van der Waals surface area (Å²) >= 11 is 0. The molecule has 0 saturated heterocycles. The van der Waals surface area contributed by atoms with E-state index in [-0.39, 0.29) is 23.5 Å². The molecule has 0 saturated carbocycles. The van der Waals surface area contributed by atoms with Gasteiger partial charge >= 0.3 is 0 Å². The van der Waals surface area contributed by atoms with Crippen LogP contribution in [-0.4, -0.2) is 18.4 Å². The Morgan fingerprint density at radius 1 is 1.20 bits per heavy atom. The second kappa shape index (κ2) is 7.34. The summed E-state index contributed by atoms with van der Waals surface area (Å²) in [6.07, 6.45) is 0.540. The molecule has 1 atom stereocenters. The van der Waals surface area contributed by atoms with Crippen molar-refractivity contribution in [3.63, 3.8) is 0 Å². The zero-order valence-corrected chi connectivity index (χ0v) is 13.8. The summed E-state index contributed by atoms with van der Waals surface area (Å²) in [5, 5.41) is 5.58. The van der Waals surface area contributed by atoms with Crippen LogP contribution in [0.15, 0.2) is 42.5 Å². The lowest BCUT2D eigenvalue weighted by atomic mass is 9.95. The van der Waals surface area contributed by atoms with Crippen molar-refractivity contribution in [3.05, 3.63) is 59.4 Å². The van der Waals surface area contributed by atoms with E-state index in [2.05, 4.69) is 10.6 Å². The van der Waals surface area contributed by atoms with Crippen molar-refractivity contribution in [2.75, 3.05) is 11.9 Å². The number of amides is 2. The first kappa shape index (κ1) is 17.0. The van der Waals surface area contributed by atoms with Crippen LogP contribution >= 0.6 is 0 Å². The van der Waals surface area contributed by atoms with Crippen molar-refractivity contribution in [1.82, 2.24) is 5.32 Å². The highest BCUT2D eigenvalue weighted by Crippen LogP contribution is 2.30. The molecule has 6 heteroatoms. The van der Waals surface area contributed by atoms with Gasteiger partial charge in [-0.3, -0.25) is 9.59 Å². The Kier molecular flexibility index (Phi) is 4.97. The number of anilines is 1. The molecule has 25 heavy (non-hydrogen) atoms. The van der Waals surface area contributed by atoms with E-state index < -0.39 is 0 Å². The third-order valence-electron chi connectivity index (χ3n) is 4.04. The number of halogens is 1. The van der Waals surface area contributed by atoms with E-state index in [0.717, 1.165) is 16.9 Å². The van der Waals surface area contributed by atoms with Gasteiger partial charge in [-0.15, -0.1) is 0 Å². The van der Waals surface area contributed by atoms with Crippen LogP contribution in [-0.2, 0) is 22.6 Å². The van der Waals surface area contributed by atoms with Gasteiger partial charge in [0.15, 0.2) is 0 Å². The number of ether oxygens (including phenoxy) is 1. The van der Waals surface area contributed by atoms with E-state index in [1.54, 1.807) is 24.3 Å². The van der Waals surface area contributed by atoms with Crippen molar-refractivity contribution in [2.24, 2.45) is 5.92 Å². The van der Waals surface area contributed by atoms with Gasteiger partial charge in [0.1, 0.15) is 18.2 Å². The maximum absolute atomic E-state index is 12.9. The average molecular weight is 342 g/mol. The molecule has 1 aliphatic heterocycles. The third-order valence-corrected chi connectivity index (χ3v) is 4.04. The summed E-state index contributed by atoms with van der Waals surface area (Å²) in [4.78, 5) is 23.5. The first-order valence-electron chi connectivity index (χ1n) is 8.07. The smallest absolute Gasteiger partial charge is 0.227 e. The number of nitrogens with one attached hydrogen (secondary N) is 2. The van der Waals surface area contributed by atoms with E-state index in [9.17, 15) is 14.0 Å². The van der Waals surface area contributed by atoms with E-state index in [1.165, 1.54) is 19.1 Å². The van der Waals surface area contributed by atoms with Crippen LogP contribution in [0, 0.1) is 11.7 Å². The van der Waals surface area contributed by atoms with E-state index in [0.29, 0.717) is 25.3 Å². The normalized spacial score (nSPS) is 15.7. The highest BCUT2D eigenvalue weighted by Gasteiger charge is 2.26. The van der Waals surface area contributed by atoms with Crippen LogP contribution in [0.25, 0.3) is 0 Å². The summed E-state index contributed by atoms with van der Waals surface area (Å²) in [6, 6.07) is 11.4. The van der Waals surface area contributed by atoms with E-state index in [1.807, 2.05) is 6.07 Å². The predicted octanol–water partition coefficient (Wildman–Crippen LogP) is 2.65. The van der Waals surface area contributed by atoms with Crippen molar-refractivity contribution < 1.29 is 18.7 Å². The minimum Gasteiger partial charge on any atom is -0.492 e. The highest BCUT2D eigenvalue weighted by molar-refractivity contribution is 5.89. The lowest BCUT2D eigenvalue weighted by Crippen LogP contribution is -2.37. The lowest BCUT2D eigenvalue weighted by molar-refractivity contribution is -0.126. The molecule has 1 aliphatic rings.